The molecule has 0 unspecified atom stereocenters. The molecule has 32 heavy (non-hydrogen) atoms. The first-order valence-electron chi connectivity index (χ1n) is 10.0. The Morgan fingerprint density at radius 2 is 1.56 bits per heavy atom. The van der Waals surface area contributed by atoms with Crippen molar-refractivity contribution in [3.05, 3.63) is 105 Å². The molecule has 3 aromatic rings. The van der Waals surface area contributed by atoms with Crippen LogP contribution in [-0.4, -0.2) is 16.7 Å². The van der Waals surface area contributed by atoms with E-state index in [-0.39, 0.29) is 17.0 Å². The molecule has 0 aromatic heterocycles. The van der Waals surface area contributed by atoms with Crippen molar-refractivity contribution in [3.63, 3.8) is 0 Å². The monoisotopic (exact) mass is 427 g/mol. The average Bonchev–Trinajstić information content (AvgIpc) is 3.00. The Labute approximate surface area is 185 Å². The number of anilines is 2. The molecule has 0 saturated carbocycles. The molecule has 3 aromatic carbocycles. The zero-order valence-electron chi connectivity index (χ0n) is 17.9. The van der Waals surface area contributed by atoms with E-state index in [1.807, 2.05) is 51.1 Å². The third kappa shape index (κ3) is 3.76. The molecular formula is C25H21N3O4. The summed E-state index contributed by atoms with van der Waals surface area (Å²) in [4.78, 5) is 38.6. The molecule has 1 aliphatic heterocycles. The number of nitrogens with one attached hydrogen (secondary N) is 1. The Morgan fingerprint density at radius 1 is 0.844 bits per heavy atom. The first-order chi connectivity index (χ1) is 15.3. The summed E-state index contributed by atoms with van der Waals surface area (Å²) in [6, 6.07) is 18.5. The number of rotatable bonds is 5. The lowest BCUT2D eigenvalue weighted by Gasteiger charge is -2.17. The molecule has 7 nitrogen and oxygen atoms in total. The average molecular weight is 427 g/mol. The minimum absolute atomic E-state index is 0.0923. The largest absolute Gasteiger partial charge is 0.350 e. The van der Waals surface area contributed by atoms with Crippen LogP contribution in [0.3, 0.4) is 0 Å². The fourth-order valence-corrected chi connectivity index (χ4v) is 3.63. The molecule has 0 radical (unpaired) electrons. The predicted molar refractivity (Wildman–Crippen MR) is 123 cm³/mol. The Hall–Kier alpha value is -4.26. The van der Waals surface area contributed by atoms with Gasteiger partial charge in [-0.15, -0.1) is 0 Å². The lowest BCUT2D eigenvalue weighted by Crippen LogP contribution is -2.32. The smallest absolute Gasteiger partial charge is 0.282 e. The number of benzene rings is 3. The van der Waals surface area contributed by atoms with Gasteiger partial charge in [0, 0.05) is 17.8 Å². The Balaban J connectivity index is 1.83. The van der Waals surface area contributed by atoms with Crippen LogP contribution in [0.25, 0.3) is 5.57 Å². The van der Waals surface area contributed by atoms with E-state index >= 15 is 0 Å². The summed E-state index contributed by atoms with van der Waals surface area (Å²) in [5.74, 6) is -0.963. The third-order valence-corrected chi connectivity index (χ3v) is 5.49. The van der Waals surface area contributed by atoms with Crippen LogP contribution in [0.15, 0.2) is 72.4 Å². The van der Waals surface area contributed by atoms with E-state index in [1.54, 1.807) is 12.1 Å². The van der Waals surface area contributed by atoms with Crippen LogP contribution in [0.2, 0.25) is 0 Å². The van der Waals surface area contributed by atoms with E-state index in [0.29, 0.717) is 16.9 Å². The Bertz CT molecular complexity index is 1290. The van der Waals surface area contributed by atoms with Crippen molar-refractivity contribution in [2.24, 2.45) is 0 Å². The van der Waals surface area contributed by atoms with E-state index in [9.17, 15) is 19.7 Å². The number of carbonyl (C=O) groups is 2. The summed E-state index contributed by atoms with van der Waals surface area (Å²) >= 11 is 0. The maximum atomic E-state index is 13.5. The van der Waals surface area contributed by atoms with Crippen molar-refractivity contribution in [3.8, 4) is 0 Å². The van der Waals surface area contributed by atoms with Gasteiger partial charge in [-0.25, -0.2) is 4.90 Å². The normalized spacial score (nSPS) is 13.7. The summed E-state index contributed by atoms with van der Waals surface area (Å²) in [5, 5.41) is 14.1. The van der Waals surface area contributed by atoms with E-state index in [0.717, 1.165) is 21.6 Å². The van der Waals surface area contributed by atoms with Crippen molar-refractivity contribution in [2.75, 3.05) is 10.2 Å². The maximum absolute atomic E-state index is 13.5. The SMILES string of the molecule is Cc1cccc(NC2=C(c3ccc([N+](=O)[O-])cc3)C(=O)N(c3ccc(C)c(C)c3)C2=O)c1. The summed E-state index contributed by atoms with van der Waals surface area (Å²) in [6.07, 6.45) is 0. The van der Waals surface area contributed by atoms with Gasteiger partial charge >= 0.3 is 0 Å². The zero-order valence-corrected chi connectivity index (χ0v) is 17.9. The summed E-state index contributed by atoms with van der Waals surface area (Å²) < 4.78 is 0. The molecule has 1 aliphatic rings. The molecule has 2 amide bonds. The standard InChI is InChI=1S/C25H21N3O4/c1-15-5-4-6-19(13-15)26-23-22(18-8-11-20(12-9-18)28(31)32)24(29)27(25(23)30)21-10-7-16(2)17(3)14-21/h4-14,26H,1-3H3. The van der Waals surface area contributed by atoms with Gasteiger partial charge in [-0.3, -0.25) is 19.7 Å². The van der Waals surface area contributed by atoms with Gasteiger partial charge in [-0.1, -0.05) is 18.2 Å². The lowest BCUT2D eigenvalue weighted by molar-refractivity contribution is -0.384. The highest BCUT2D eigenvalue weighted by molar-refractivity contribution is 6.46. The molecule has 0 fully saturated rings. The second-order valence-electron chi connectivity index (χ2n) is 7.76. The van der Waals surface area contributed by atoms with Gasteiger partial charge in [0.1, 0.15) is 5.70 Å². The number of hydrogen-bond donors (Lipinski definition) is 1. The summed E-state index contributed by atoms with van der Waals surface area (Å²) in [5.41, 5.74) is 4.79. The molecule has 1 heterocycles. The molecule has 0 saturated heterocycles. The number of carbonyl (C=O) groups excluding carboxylic acids is 2. The number of non-ortho nitro benzene ring substituents is 1. The number of amides is 2. The molecular weight excluding hydrogens is 406 g/mol. The van der Waals surface area contributed by atoms with E-state index in [2.05, 4.69) is 5.32 Å². The van der Waals surface area contributed by atoms with E-state index < -0.39 is 16.7 Å². The van der Waals surface area contributed by atoms with Crippen molar-refractivity contribution in [1.82, 2.24) is 0 Å². The van der Waals surface area contributed by atoms with Crippen molar-refractivity contribution < 1.29 is 14.5 Å². The van der Waals surface area contributed by atoms with Crippen LogP contribution < -0.4 is 10.2 Å². The third-order valence-electron chi connectivity index (χ3n) is 5.49. The number of nitro groups is 1. The minimum atomic E-state index is -0.507. The van der Waals surface area contributed by atoms with Gasteiger partial charge < -0.3 is 5.32 Å². The fraction of sp³-hybridized carbons (Fsp3) is 0.120. The maximum Gasteiger partial charge on any atom is 0.282 e. The number of imide groups is 1. The molecule has 0 atom stereocenters. The number of nitro benzene ring substituents is 1. The van der Waals surface area contributed by atoms with E-state index in [4.69, 9.17) is 0 Å². The lowest BCUT2D eigenvalue weighted by atomic mass is 10.0. The van der Waals surface area contributed by atoms with Crippen LogP contribution in [0.4, 0.5) is 17.1 Å². The topological polar surface area (TPSA) is 92.6 Å². The highest BCUT2D eigenvalue weighted by atomic mass is 16.6. The second-order valence-corrected chi connectivity index (χ2v) is 7.76. The highest BCUT2D eigenvalue weighted by Crippen LogP contribution is 2.35. The number of aryl methyl sites for hydroxylation is 3. The van der Waals surface area contributed by atoms with Crippen LogP contribution in [0, 0.1) is 30.9 Å². The van der Waals surface area contributed by atoms with Gasteiger partial charge in [0.25, 0.3) is 17.5 Å². The van der Waals surface area contributed by atoms with Crippen LogP contribution >= 0.6 is 0 Å². The second kappa shape index (κ2) is 8.11. The van der Waals surface area contributed by atoms with Gasteiger partial charge in [-0.05, 0) is 79.4 Å². The van der Waals surface area contributed by atoms with Gasteiger partial charge in [0.15, 0.2) is 0 Å². The van der Waals surface area contributed by atoms with Crippen molar-refractivity contribution in [1.29, 1.82) is 0 Å². The van der Waals surface area contributed by atoms with Gasteiger partial charge in [0.2, 0.25) is 0 Å². The first-order valence-corrected chi connectivity index (χ1v) is 10.0. The molecule has 7 heteroatoms. The summed E-state index contributed by atoms with van der Waals surface area (Å²) in [7, 11) is 0. The first kappa shape index (κ1) is 21.0. The Kier molecular flexibility index (Phi) is 5.32. The van der Waals surface area contributed by atoms with Crippen LogP contribution in [0.5, 0.6) is 0 Å². The molecule has 1 N–H and O–H groups in total. The van der Waals surface area contributed by atoms with Gasteiger partial charge in [0.05, 0.1) is 16.2 Å². The quantitative estimate of drug-likeness (QED) is 0.355. The fourth-order valence-electron chi connectivity index (χ4n) is 3.63. The predicted octanol–water partition coefficient (Wildman–Crippen LogP) is 4.92. The molecule has 4 rings (SSSR count). The molecule has 160 valence electrons. The van der Waals surface area contributed by atoms with Gasteiger partial charge in [-0.2, -0.15) is 0 Å². The molecule has 0 bridgehead atoms. The minimum Gasteiger partial charge on any atom is -0.350 e. The van der Waals surface area contributed by atoms with Crippen LogP contribution in [-0.2, 0) is 9.59 Å². The zero-order chi connectivity index (χ0) is 23.0. The number of hydrogen-bond acceptors (Lipinski definition) is 5. The highest BCUT2D eigenvalue weighted by Gasteiger charge is 2.40. The molecule has 0 aliphatic carbocycles. The summed E-state index contributed by atoms with van der Waals surface area (Å²) in [6.45, 7) is 5.80. The van der Waals surface area contributed by atoms with Crippen LogP contribution in [0.1, 0.15) is 22.3 Å². The Morgan fingerprint density at radius 3 is 2.19 bits per heavy atom. The van der Waals surface area contributed by atoms with Crippen molar-refractivity contribution >= 4 is 34.4 Å². The molecule has 0 spiro atoms. The van der Waals surface area contributed by atoms with Crippen molar-refractivity contribution in [2.45, 2.75) is 20.8 Å². The number of nitrogens with zero attached hydrogens (tertiary/aromatic N) is 2. The van der Waals surface area contributed by atoms with E-state index in [1.165, 1.54) is 24.3 Å².